The molecule has 1 heterocycles. The standard InChI is InChI=1S/C23H19FN2O4S/c1-15(22-14-17-4-2-3-5-21(17)30-22)25-23(27)16-6-10-19(11-7-16)26-31(28,29)20-12-8-18(24)9-13-20/h2-15,26H,1H3,(H,25,27). The van der Waals surface area contributed by atoms with Crippen molar-refractivity contribution in [2.45, 2.75) is 17.9 Å². The van der Waals surface area contributed by atoms with Crippen LogP contribution in [0.4, 0.5) is 10.1 Å². The minimum absolute atomic E-state index is 0.0598. The number of rotatable bonds is 6. The van der Waals surface area contributed by atoms with E-state index in [0.29, 0.717) is 11.3 Å². The Hall–Kier alpha value is -3.65. The number of fused-ring (bicyclic) bond motifs is 1. The number of anilines is 1. The molecule has 0 saturated heterocycles. The molecular weight excluding hydrogens is 419 g/mol. The maximum Gasteiger partial charge on any atom is 0.261 e. The normalized spacial score (nSPS) is 12.5. The Morgan fingerprint density at radius 1 is 0.968 bits per heavy atom. The van der Waals surface area contributed by atoms with Gasteiger partial charge in [0.05, 0.1) is 10.9 Å². The lowest BCUT2D eigenvalue weighted by Gasteiger charge is -2.12. The van der Waals surface area contributed by atoms with E-state index in [2.05, 4.69) is 10.0 Å². The van der Waals surface area contributed by atoms with Gasteiger partial charge in [-0.3, -0.25) is 9.52 Å². The third-order valence-corrected chi connectivity index (χ3v) is 6.14. The van der Waals surface area contributed by atoms with Gasteiger partial charge in [-0.15, -0.1) is 0 Å². The van der Waals surface area contributed by atoms with Gasteiger partial charge in [-0.05, 0) is 67.6 Å². The first-order valence-electron chi connectivity index (χ1n) is 9.50. The second-order valence-corrected chi connectivity index (χ2v) is 8.70. The summed E-state index contributed by atoms with van der Waals surface area (Å²) in [6, 6.07) is 19.6. The average Bonchev–Trinajstić information content (AvgIpc) is 3.19. The van der Waals surface area contributed by atoms with Crippen molar-refractivity contribution in [1.82, 2.24) is 5.32 Å². The highest BCUT2D eigenvalue weighted by Gasteiger charge is 2.17. The van der Waals surface area contributed by atoms with Crippen LogP contribution < -0.4 is 10.0 Å². The lowest BCUT2D eigenvalue weighted by atomic mass is 10.1. The molecule has 0 saturated carbocycles. The Labute approximate surface area is 178 Å². The highest BCUT2D eigenvalue weighted by atomic mass is 32.2. The van der Waals surface area contributed by atoms with E-state index in [1.165, 1.54) is 36.4 Å². The van der Waals surface area contributed by atoms with Crippen LogP contribution >= 0.6 is 0 Å². The zero-order valence-electron chi connectivity index (χ0n) is 16.5. The number of sulfonamides is 1. The molecule has 8 heteroatoms. The van der Waals surface area contributed by atoms with Gasteiger partial charge in [0.1, 0.15) is 17.2 Å². The van der Waals surface area contributed by atoms with Crippen LogP contribution in [0.1, 0.15) is 29.1 Å². The van der Waals surface area contributed by atoms with Crippen molar-refractivity contribution in [1.29, 1.82) is 0 Å². The minimum Gasteiger partial charge on any atom is -0.459 e. The van der Waals surface area contributed by atoms with Gasteiger partial charge >= 0.3 is 0 Å². The van der Waals surface area contributed by atoms with Crippen molar-refractivity contribution in [2.75, 3.05) is 4.72 Å². The molecule has 4 rings (SSSR count). The summed E-state index contributed by atoms with van der Waals surface area (Å²) in [6.45, 7) is 1.82. The quantitative estimate of drug-likeness (QED) is 0.450. The first kappa shape index (κ1) is 20.6. The molecule has 0 aliphatic rings. The summed E-state index contributed by atoms with van der Waals surface area (Å²) in [5.41, 5.74) is 1.40. The average molecular weight is 438 g/mol. The molecule has 0 aliphatic heterocycles. The number of hydrogen-bond donors (Lipinski definition) is 2. The van der Waals surface area contributed by atoms with Crippen LogP contribution in [0.25, 0.3) is 11.0 Å². The number of para-hydroxylation sites is 1. The second kappa shape index (κ2) is 8.23. The van der Waals surface area contributed by atoms with Gasteiger partial charge in [0, 0.05) is 16.6 Å². The Bertz CT molecular complexity index is 1300. The van der Waals surface area contributed by atoms with Crippen molar-refractivity contribution < 1.29 is 22.0 Å². The molecule has 31 heavy (non-hydrogen) atoms. The van der Waals surface area contributed by atoms with Gasteiger partial charge in [0.25, 0.3) is 15.9 Å². The fraction of sp³-hybridized carbons (Fsp3) is 0.0870. The van der Waals surface area contributed by atoms with Gasteiger partial charge in [0.15, 0.2) is 0 Å². The second-order valence-electron chi connectivity index (χ2n) is 7.02. The van der Waals surface area contributed by atoms with Crippen molar-refractivity contribution >= 4 is 32.6 Å². The number of hydrogen-bond acceptors (Lipinski definition) is 4. The van der Waals surface area contributed by atoms with Crippen molar-refractivity contribution in [3.63, 3.8) is 0 Å². The Balaban J connectivity index is 1.43. The molecule has 0 bridgehead atoms. The van der Waals surface area contributed by atoms with E-state index in [-0.39, 0.29) is 22.5 Å². The van der Waals surface area contributed by atoms with Gasteiger partial charge in [0.2, 0.25) is 0 Å². The molecule has 3 aromatic carbocycles. The van der Waals surface area contributed by atoms with Crippen molar-refractivity contribution in [3.05, 3.63) is 96.0 Å². The number of nitrogens with one attached hydrogen (secondary N) is 2. The number of benzene rings is 3. The molecule has 0 aliphatic carbocycles. The van der Waals surface area contributed by atoms with Crippen LogP contribution in [0, 0.1) is 5.82 Å². The smallest absolute Gasteiger partial charge is 0.261 e. The van der Waals surface area contributed by atoms with Crippen LogP contribution in [-0.2, 0) is 10.0 Å². The van der Waals surface area contributed by atoms with Crippen molar-refractivity contribution in [2.24, 2.45) is 0 Å². The van der Waals surface area contributed by atoms with Crippen LogP contribution in [0.3, 0.4) is 0 Å². The molecule has 6 nitrogen and oxygen atoms in total. The van der Waals surface area contributed by atoms with E-state index < -0.39 is 15.8 Å². The van der Waals surface area contributed by atoms with Crippen LogP contribution in [0.5, 0.6) is 0 Å². The topological polar surface area (TPSA) is 88.4 Å². The highest BCUT2D eigenvalue weighted by molar-refractivity contribution is 7.92. The first-order chi connectivity index (χ1) is 14.8. The number of carbonyl (C=O) groups excluding carboxylic acids is 1. The Kier molecular flexibility index (Phi) is 5.48. The maximum absolute atomic E-state index is 13.0. The summed E-state index contributed by atoms with van der Waals surface area (Å²) in [7, 11) is -3.86. The molecule has 1 aromatic heterocycles. The highest BCUT2D eigenvalue weighted by Crippen LogP contribution is 2.24. The zero-order chi connectivity index (χ0) is 22.0. The maximum atomic E-state index is 13.0. The number of halogens is 1. The van der Waals surface area contributed by atoms with Gasteiger partial charge in [-0.25, -0.2) is 12.8 Å². The summed E-state index contributed by atoms with van der Waals surface area (Å²) in [5, 5.41) is 3.82. The molecular formula is C23H19FN2O4S. The fourth-order valence-electron chi connectivity index (χ4n) is 3.08. The lowest BCUT2D eigenvalue weighted by molar-refractivity contribution is 0.0935. The van der Waals surface area contributed by atoms with Crippen LogP contribution in [0.2, 0.25) is 0 Å². The van der Waals surface area contributed by atoms with Crippen molar-refractivity contribution in [3.8, 4) is 0 Å². The predicted octanol–water partition coefficient (Wildman–Crippen LogP) is 4.86. The third-order valence-electron chi connectivity index (χ3n) is 4.74. The van der Waals surface area contributed by atoms with E-state index in [4.69, 9.17) is 4.42 Å². The molecule has 1 atom stereocenters. The predicted molar refractivity (Wildman–Crippen MR) is 116 cm³/mol. The molecule has 0 spiro atoms. The fourth-order valence-corrected chi connectivity index (χ4v) is 4.14. The van der Waals surface area contributed by atoms with Gasteiger partial charge in [-0.1, -0.05) is 18.2 Å². The van der Waals surface area contributed by atoms with Gasteiger partial charge in [-0.2, -0.15) is 0 Å². The number of carbonyl (C=O) groups is 1. The summed E-state index contributed by atoms with van der Waals surface area (Å²) in [4.78, 5) is 12.5. The molecule has 0 fully saturated rings. The van der Waals surface area contributed by atoms with E-state index in [9.17, 15) is 17.6 Å². The summed E-state index contributed by atoms with van der Waals surface area (Å²) in [6.07, 6.45) is 0. The monoisotopic (exact) mass is 438 g/mol. The SMILES string of the molecule is CC(NC(=O)c1ccc(NS(=O)(=O)c2ccc(F)cc2)cc1)c1cc2ccccc2o1. The largest absolute Gasteiger partial charge is 0.459 e. The Morgan fingerprint density at radius 3 is 2.32 bits per heavy atom. The number of furan rings is 1. The van der Waals surface area contributed by atoms with E-state index in [1.807, 2.05) is 37.3 Å². The van der Waals surface area contributed by atoms with Crippen LogP contribution in [-0.4, -0.2) is 14.3 Å². The van der Waals surface area contributed by atoms with E-state index >= 15 is 0 Å². The molecule has 158 valence electrons. The molecule has 1 amide bonds. The number of amides is 1. The summed E-state index contributed by atoms with van der Waals surface area (Å²) in [5.74, 6) is -0.203. The molecule has 1 unspecified atom stereocenters. The summed E-state index contributed by atoms with van der Waals surface area (Å²) < 4.78 is 46.0. The third kappa shape index (κ3) is 4.59. The molecule has 4 aromatic rings. The molecule has 0 radical (unpaired) electrons. The minimum atomic E-state index is -3.86. The summed E-state index contributed by atoms with van der Waals surface area (Å²) >= 11 is 0. The Morgan fingerprint density at radius 2 is 1.65 bits per heavy atom. The van der Waals surface area contributed by atoms with Gasteiger partial charge < -0.3 is 9.73 Å². The van der Waals surface area contributed by atoms with E-state index in [0.717, 1.165) is 23.1 Å². The van der Waals surface area contributed by atoms with E-state index in [1.54, 1.807) is 0 Å². The first-order valence-corrected chi connectivity index (χ1v) is 11.0. The lowest BCUT2D eigenvalue weighted by Crippen LogP contribution is -2.26. The molecule has 2 N–H and O–H groups in total. The zero-order valence-corrected chi connectivity index (χ0v) is 17.3. The van der Waals surface area contributed by atoms with Crippen LogP contribution in [0.15, 0.2) is 88.2 Å².